The minimum absolute atomic E-state index is 0.277. The van der Waals surface area contributed by atoms with E-state index in [1.54, 1.807) is 11.0 Å². The van der Waals surface area contributed by atoms with Crippen LogP contribution in [0.2, 0.25) is 0 Å². The van der Waals surface area contributed by atoms with Crippen molar-refractivity contribution in [3.8, 4) is 0 Å². The zero-order valence-electron chi connectivity index (χ0n) is 8.67. The molecule has 0 aromatic carbocycles. The van der Waals surface area contributed by atoms with Crippen molar-refractivity contribution < 1.29 is 9.53 Å². The van der Waals surface area contributed by atoms with Gasteiger partial charge in [0.05, 0.1) is 13.2 Å². The van der Waals surface area contributed by atoms with Crippen LogP contribution in [0.1, 0.15) is 0 Å². The summed E-state index contributed by atoms with van der Waals surface area (Å²) >= 11 is 0. The Morgan fingerprint density at radius 2 is 2.38 bits per heavy atom. The van der Waals surface area contributed by atoms with Crippen molar-refractivity contribution in [1.29, 1.82) is 0 Å². The summed E-state index contributed by atoms with van der Waals surface area (Å²) in [5.41, 5.74) is 10.9. The predicted octanol–water partition coefficient (Wildman–Crippen LogP) is -1.25. The van der Waals surface area contributed by atoms with Crippen molar-refractivity contribution >= 4 is 17.5 Å². The van der Waals surface area contributed by atoms with Gasteiger partial charge >= 0.3 is 0 Å². The molecule has 1 aromatic heterocycles. The number of carbonyl (C=O) groups excluding carboxylic acids is 1. The average Bonchev–Trinajstić information content (AvgIpc) is 2.29. The van der Waals surface area contributed by atoms with Crippen LogP contribution in [0.15, 0.2) is 12.4 Å². The largest absolute Gasteiger partial charge is 0.384 e. The molecule has 1 fully saturated rings. The number of nitrogens with two attached hydrogens (primary N) is 2. The maximum atomic E-state index is 11.2. The number of morpholine rings is 1. The van der Waals surface area contributed by atoms with Gasteiger partial charge in [0.25, 0.3) is 0 Å². The minimum Gasteiger partial charge on any atom is -0.384 e. The summed E-state index contributed by atoms with van der Waals surface area (Å²) in [7, 11) is 0. The van der Waals surface area contributed by atoms with Gasteiger partial charge in [-0.05, 0) is 0 Å². The van der Waals surface area contributed by atoms with Gasteiger partial charge < -0.3 is 21.1 Å². The zero-order valence-corrected chi connectivity index (χ0v) is 8.67. The molecule has 1 amide bonds. The Kier molecular flexibility index (Phi) is 2.86. The number of anilines is 2. The fraction of sp³-hybridized carbons (Fsp3) is 0.444. The molecule has 1 saturated heterocycles. The molecule has 4 N–H and O–H groups in total. The number of rotatable bonds is 2. The molecule has 2 rings (SSSR count). The number of hydrogen-bond donors (Lipinski definition) is 2. The highest BCUT2D eigenvalue weighted by molar-refractivity contribution is 5.83. The van der Waals surface area contributed by atoms with E-state index < -0.39 is 11.9 Å². The molecule has 16 heavy (non-hydrogen) atoms. The van der Waals surface area contributed by atoms with Gasteiger partial charge in [0, 0.05) is 12.6 Å². The van der Waals surface area contributed by atoms with Crippen LogP contribution in [0.3, 0.4) is 0 Å². The Labute approximate surface area is 92.4 Å². The summed E-state index contributed by atoms with van der Waals surface area (Å²) in [5.74, 6) is 0.524. The Morgan fingerprint density at radius 3 is 3.06 bits per heavy atom. The SMILES string of the molecule is NC(=O)C1COCCN1c1cc(N)ncn1. The molecule has 0 spiro atoms. The number of hydrogen-bond acceptors (Lipinski definition) is 6. The first-order chi connectivity index (χ1) is 7.68. The van der Waals surface area contributed by atoms with Crippen LogP contribution in [0, 0.1) is 0 Å². The maximum Gasteiger partial charge on any atom is 0.242 e. The summed E-state index contributed by atoms with van der Waals surface area (Å²) in [5, 5.41) is 0. The van der Waals surface area contributed by atoms with Gasteiger partial charge in [0.15, 0.2) is 0 Å². The summed E-state index contributed by atoms with van der Waals surface area (Å²) < 4.78 is 5.21. The lowest BCUT2D eigenvalue weighted by molar-refractivity contribution is -0.121. The predicted molar refractivity (Wildman–Crippen MR) is 57.6 cm³/mol. The van der Waals surface area contributed by atoms with E-state index >= 15 is 0 Å². The third-order valence-corrected chi connectivity index (χ3v) is 2.42. The number of nitrogen functional groups attached to an aromatic ring is 1. The third-order valence-electron chi connectivity index (χ3n) is 2.42. The standard InChI is InChI=1S/C9H13N5O2/c10-7-3-8(13-5-12-7)14-1-2-16-4-6(14)9(11)15/h3,5-6H,1-2,4H2,(H2,11,15)(H2,10,12,13). The van der Waals surface area contributed by atoms with Crippen LogP contribution in [-0.4, -0.2) is 41.7 Å². The summed E-state index contributed by atoms with van der Waals surface area (Å²) in [6, 6.07) is 1.12. The number of primary amides is 1. The molecule has 1 unspecified atom stereocenters. The van der Waals surface area contributed by atoms with Gasteiger partial charge in [-0.1, -0.05) is 0 Å². The third kappa shape index (κ3) is 2.03. The molecule has 2 heterocycles. The van der Waals surface area contributed by atoms with E-state index in [2.05, 4.69) is 9.97 Å². The first-order valence-electron chi connectivity index (χ1n) is 4.89. The molecule has 0 bridgehead atoms. The Hall–Kier alpha value is -1.89. The molecule has 1 aliphatic heterocycles. The quantitative estimate of drug-likeness (QED) is 0.648. The van der Waals surface area contributed by atoms with Crippen molar-refractivity contribution in [2.24, 2.45) is 5.73 Å². The highest BCUT2D eigenvalue weighted by Crippen LogP contribution is 2.17. The first-order valence-corrected chi connectivity index (χ1v) is 4.89. The molecule has 86 valence electrons. The van der Waals surface area contributed by atoms with Crippen LogP contribution in [-0.2, 0) is 9.53 Å². The molecular formula is C9H13N5O2. The molecule has 1 aromatic rings. The summed E-state index contributed by atoms with van der Waals surface area (Å²) in [6.07, 6.45) is 1.36. The van der Waals surface area contributed by atoms with Gasteiger partial charge in [-0.25, -0.2) is 9.97 Å². The maximum absolute atomic E-state index is 11.2. The van der Waals surface area contributed by atoms with Crippen LogP contribution in [0.25, 0.3) is 0 Å². The van der Waals surface area contributed by atoms with Crippen molar-refractivity contribution in [2.75, 3.05) is 30.4 Å². The lowest BCUT2D eigenvalue weighted by Gasteiger charge is -2.34. The first kappa shape index (κ1) is 10.6. The van der Waals surface area contributed by atoms with Crippen molar-refractivity contribution in [3.63, 3.8) is 0 Å². The van der Waals surface area contributed by atoms with Gasteiger partial charge in [-0.3, -0.25) is 4.79 Å². The summed E-state index contributed by atoms with van der Waals surface area (Å²) in [4.78, 5) is 20.9. The monoisotopic (exact) mass is 223 g/mol. The number of ether oxygens (including phenoxy) is 1. The van der Waals surface area contributed by atoms with E-state index in [9.17, 15) is 4.79 Å². The van der Waals surface area contributed by atoms with Crippen LogP contribution < -0.4 is 16.4 Å². The van der Waals surface area contributed by atoms with Gasteiger partial charge in [0.1, 0.15) is 24.0 Å². The highest BCUT2D eigenvalue weighted by Gasteiger charge is 2.28. The molecule has 1 aliphatic rings. The molecule has 0 aliphatic carbocycles. The number of aromatic nitrogens is 2. The van der Waals surface area contributed by atoms with E-state index in [-0.39, 0.29) is 6.61 Å². The second-order valence-electron chi connectivity index (χ2n) is 3.49. The van der Waals surface area contributed by atoms with E-state index in [0.29, 0.717) is 24.8 Å². The topological polar surface area (TPSA) is 107 Å². The molecule has 7 nitrogen and oxygen atoms in total. The fourth-order valence-corrected chi connectivity index (χ4v) is 1.63. The number of amides is 1. The van der Waals surface area contributed by atoms with E-state index in [0.717, 1.165) is 0 Å². The van der Waals surface area contributed by atoms with Crippen molar-refractivity contribution in [1.82, 2.24) is 9.97 Å². The second kappa shape index (κ2) is 4.31. The second-order valence-corrected chi connectivity index (χ2v) is 3.49. The van der Waals surface area contributed by atoms with E-state index in [1.165, 1.54) is 6.33 Å². The van der Waals surface area contributed by atoms with Crippen LogP contribution in [0.4, 0.5) is 11.6 Å². The Balaban J connectivity index is 2.26. The normalized spacial score (nSPS) is 20.8. The molecule has 0 saturated carbocycles. The minimum atomic E-state index is -0.497. The summed E-state index contributed by atoms with van der Waals surface area (Å²) in [6.45, 7) is 1.37. The van der Waals surface area contributed by atoms with Crippen LogP contribution >= 0.6 is 0 Å². The smallest absolute Gasteiger partial charge is 0.242 e. The lowest BCUT2D eigenvalue weighted by Crippen LogP contribution is -2.53. The van der Waals surface area contributed by atoms with E-state index in [4.69, 9.17) is 16.2 Å². The van der Waals surface area contributed by atoms with Gasteiger partial charge in [0.2, 0.25) is 5.91 Å². The van der Waals surface area contributed by atoms with Crippen molar-refractivity contribution in [2.45, 2.75) is 6.04 Å². The van der Waals surface area contributed by atoms with E-state index in [1.807, 2.05) is 0 Å². The fourth-order valence-electron chi connectivity index (χ4n) is 1.63. The van der Waals surface area contributed by atoms with Crippen molar-refractivity contribution in [3.05, 3.63) is 12.4 Å². The van der Waals surface area contributed by atoms with Crippen LogP contribution in [0.5, 0.6) is 0 Å². The molecule has 7 heteroatoms. The number of carbonyl (C=O) groups is 1. The van der Waals surface area contributed by atoms with Gasteiger partial charge in [-0.15, -0.1) is 0 Å². The Bertz CT molecular complexity index is 397. The molecule has 1 atom stereocenters. The number of nitrogens with zero attached hydrogens (tertiary/aromatic N) is 3. The highest BCUT2D eigenvalue weighted by atomic mass is 16.5. The van der Waals surface area contributed by atoms with Gasteiger partial charge in [-0.2, -0.15) is 0 Å². The Morgan fingerprint density at radius 1 is 1.56 bits per heavy atom. The molecular weight excluding hydrogens is 210 g/mol. The zero-order chi connectivity index (χ0) is 11.5. The lowest BCUT2D eigenvalue weighted by atomic mass is 10.2. The molecule has 0 radical (unpaired) electrons. The average molecular weight is 223 g/mol.